The lowest BCUT2D eigenvalue weighted by Crippen LogP contribution is -2.28. The Labute approximate surface area is 901 Å². The molecule has 0 aliphatic heterocycles. The number of aromatic amines is 1. The molecule has 0 atom stereocenters. The third kappa shape index (κ3) is 38.0. The molecule has 0 saturated carbocycles. The summed E-state index contributed by atoms with van der Waals surface area (Å²) < 4.78 is 6.58. The molecular formula is C115H142Cl4N28OS. The molecule has 0 spiro atoms. The van der Waals surface area contributed by atoms with Crippen molar-refractivity contribution in [1.29, 1.82) is 0 Å². The average molecular weight is 2110 g/mol. The molecule has 9 aromatic heterocycles. The Morgan fingerprint density at radius 1 is 0.336 bits per heavy atom. The van der Waals surface area contributed by atoms with Crippen LogP contribution < -0.4 is 73.4 Å². The highest BCUT2D eigenvalue weighted by atomic mass is 35.5. The average Bonchev–Trinajstić information content (AvgIpc) is 1.72. The van der Waals surface area contributed by atoms with E-state index in [1.54, 1.807) is 49.2 Å². The molecule has 0 unspecified atom stereocenters. The van der Waals surface area contributed by atoms with Crippen molar-refractivity contribution in [2.45, 2.75) is 232 Å². The van der Waals surface area contributed by atoms with Crippen LogP contribution in [0.15, 0.2) is 243 Å². The van der Waals surface area contributed by atoms with E-state index in [2.05, 4.69) is 374 Å². The van der Waals surface area contributed by atoms with E-state index in [0.29, 0.717) is 67.5 Å². The minimum Gasteiger partial charge on any atom is -0.495 e. The lowest BCUT2D eigenvalue weighted by Gasteiger charge is -2.24. The van der Waals surface area contributed by atoms with Crippen LogP contribution in [0.25, 0.3) is 31.8 Å². The van der Waals surface area contributed by atoms with Gasteiger partial charge in [-0.05, 0) is 318 Å². The number of nitrogens with one attached hydrogen (secondary N) is 13. The summed E-state index contributed by atoms with van der Waals surface area (Å²) in [6, 6.07) is 62.0. The largest absolute Gasteiger partial charge is 0.495 e. The fourth-order valence-electron chi connectivity index (χ4n) is 14.0. The highest BCUT2D eigenvalue weighted by Crippen LogP contribution is 2.37. The lowest BCUT2D eigenvalue weighted by atomic mass is 10.1. The zero-order chi connectivity index (χ0) is 109. The molecule has 0 amide bonds. The highest BCUT2D eigenvalue weighted by Gasteiger charge is 2.23. The zero-order valence-corrected chi connectivity index (χ0v) is 94.7. The third-order valence-electron chi connectivity index (χ3n) is 20.9. The summed E-state index contributed by atoms with van der Waals surface area (Å²) in [4.78, 5) is 67.4. The molecule has 782 valence electrons. The van der Waals surface area contributed by atoms with Crippen LogP contribution >= 0.6 is 57.7 Å². The van der Waals surface area contributed by atoms with Gasteiger partial charge in [-0.25, -0.2) is 39.9 Å². The summed E-state index contributed by atoms with van der Waals surface area (Å²) in [6.07, 6.45) is 15.5. The number of anilines is 19. The van der Waals surface area contributed by atoms with Crippen LogP contribution in [-0.2, 0) is 6.42 Å². The van der Waals surface area contributed by atoms with Crippen molar-refractivity contribution in [3.8, 4) is 5.75 Å². The molecule has 0 bridgehead atoms. The second kappa shape index (κ2) is 50.9. The molecule has 9 heterocycles. The van der Waals surface area contributed by atoms with Crippen LogP contribution in [0, 0.1) is 41.5 Å². The Bertz CT molecular complexity index is 7280. The van der Waals surface area contributed by atoms with E-state index in [4.69, 9.17) is 51.1 Å². The number of hydrogen-bond donors (Lipinski definition) is 13. The highest BCUT2D eigenvalue weighted by molar-refractivity contribution is 7.17. The maximum Gasteiger partial charge on any atom is 0.225 e. The van der Waals surface area contributed by atoms with Gasteiger partial charge in [0.05, 0.1) is 27.9 Å². The van der Waals surface area contributed by atoms with Crippen molar-refractivity contribution in [2.75, 3.05) is 82.9 Å². The van der Waals surface area contributed by atoms with E-state index in [0.717, 1.165) is 125 Å². The summed E-state index contributed by atoms with van der Waals surface area (Å²) in [5, 5.41) is 49.0. The Morgan fingerprint density at radius 2 is 0.732 bits per heavy atom. The molecule has 0 aliphatic carbocycles. The Balaban J connectivity index is 0.000000165. The Hall–Kier alpha value is -14.6. The summed E-state index contributed by atoms with van der Waals surface area (Å²) in [7, 11) is 3.56. The van der Waals surface area contributed by atoms with Crippen LogP contribution in [-0.4, -0.2) is 128 Å². The number of ether oxygens (including phenoxy) is 1. The van der Waals surface area contributed by atoms with Crippen LogP contribution in [0.1, 0.15) is 190 Å². The first kappa shape index (κ1) is 115. The van der Waals surface area contributed by atoms with E-state index < -0.39 is 0 Å². The number of benzene rings is 8. The van der Waals surface area contributed by atoms with Crippen molar-refractivity contribution in [1.82, 2.24) is 74.8 Å². The SMILES string of the molecule is CC(C)(C)Nc1nccc(Cc2ccccc2)n1.COc1cc(N(C)c2nc(NC(C)(C)C)ncc2C)ccc1Cl.Cc1cnc(NC(C)(C)C)nc1Nc1ccc(Cl)c(Cl)c1.Cc1cnc(NC(C)(C)C)nc1Nc1ccc(Cl)cc1.Cc1cnc(NC(C)(C)C)nc1Nc1ccc2sccc2c1.Cc1cnc(NC(C)(C)C)nc1Nc1cccc2[nH]ccc12.Cc1cnc(NC(C)(C)C)nc1Nc1cccc2ccccc12. The van der Waals surface area contributed by atoms with Crippen molar-refractivity contribution >= 4 is 200 Å². The van der Waals surface area contributed by atoms with E-state index in [9.17, 15) is 0 Å². The first-order chi connectivity index (χ1) is 70.1. The number of halogens is 4. The molecule has 29 nitrogen and oxygen atoms in total. The number of rotatable bonds is 22. The van der Waals surface area contributed by atoms with Gasteiger partial charge >= 0.3 is 0 Å². The van der Waals surface area contributed by atoms with Crippen molar-refractivity contribution in [3.63, 3.8) is 0 Å². The maximum absolute atomic E-state index is 6.10. The standard InChI is InChI=1S/C19H22N4.C17H23ClN4O.C17H21N5.C17H20N4S.C15H18Cl2N4.C15H19ClN4.C15H19N3/c1-13-12-20-18(23-19(2,3)4)22-17(13)21-16-11-7-9-14-8-5-6-10-15(14)16;1-11-10-19-16(21-17(2,3)4)20-15(11)22(5)12-7-8-13(18)14(9-12)23-6;1-11-10-19-16(22-17(2,3)4)21-15(11)20-14-7-5-6-13-12(14)8-9-18-13;1-11-10-18-16(21-17(2,3)4)20-15(11)19-13-5-6-14-12(9-13)7-8-22-14;1-9-8-18-14(21-15(2,3)4)20-13(9)19-10-5-6-11(16)12(17)7-10;1-10-9-17-14(20-15(2,3)4)19-13(10)18-12-7-5-11(16)6-8-12;1-15(2,3)18-14-16-10-9-13(17-14)11-12-7-5-4-6-8-12/h5-12H,1-4H3,(H2,20,21,22,23);7-10H,1-6H3,(H,19,20,21);5-10,18H,1-4H3,(H2,19,20,21,22);5-10H,1-4H3,(H2,18,19,20,21);5-8H,1-4H3,(H2,18,19,20,21);5-9H,1-4H3,(H2,17,18,19,20);4-10H,11H2,1-3H3,(H,16,17,18). The number of thiophene rings is 1. The molecular weight excluding hydrogens is 1960 g/mol. The van der Waals surface area contributed by atoms with E-state index in [1.807, 2.05) is 175 Å². The molecule has 149 heavy (non-hydrogen) atoms. The molecule has 0 saturated heterocycles. The lowest BCUT2D eigenvalue weighted by molar-refractivity contribution is 0.415. The Kier molecular flexibility index (Phi) is 39.2. The number of nitrogens with zero attached hydrogens (tertiary/aromatic N) is 15. The zero-order valence-electron chi connectivity index (χ0n) is 90.8. The maximum atomic E-state index is 6.10. The first-order valence-corrected chi connectivity index (χ1v) is 51.5. The van der Waals surface area contributed by atoms with Gasteiger partial charge in [0.1, 0.15) is 40.7 Å². The van der Waals surface area contributed by atoms with Crippen molar-refractivity contribution in [3.05, 3.63) is 308 Å². The van der Waals surface area contributed by atoms with Crippen molar-refractivity contribution < 1.29 is 4.74 Å². The normalized spacial score (nSPS) is 11.4. The van der Waals surface area contributed by atoms with Gasteiger partial charge in [0.25, 0.3) is 0 Å². The predicted molar refractivity (Wildman–Crippen MR) is 630 cm³/mol. The van der Waals surface area contributed by atoms with Crippen LogP contribution in [0.5, 0.6) is 5.75 Å². The van der Waals surface area contributed by atoms with Gasteiger partial charge in [-0.3, -0.25) is 0 Å². The van der Waals surface area contributed by atoms with Gasteiger partial charge in [0.2, 0.25) is 41.6 Å². The first-order valence-electron chi connectivity index (χ1n) is 49.1. The fraction of sp³-hybridized carbons (Fsp3) is 0.322. The molecule has 8 aromatic carbocycles. The van der Waals surface area contributed by atoms with Gasteiger partial charge in [0.15, 0.2) is 0 Å². The number of hydrogen-bond acceptors (Lipinski definition) is 29. The van der Waals surface area contributed by atoms with Crippen LogP contribution in [0.4, 0.5) is 111 Å². The summed E-state index contributed by atoms with van der Waals surface area (Å²) in [6.45, 7) is 55.6. The molecule has 0 radical (unpaired) electrons. The van der Waals surface area contributed by atoms with Gasteiger partial charge < -0.3 is 78.4 Å². The quantitative estimate of drug-likeness (QED) is 0.0300. The van der Waals surface area contributed by atoms with Gasteiger partial charge in [0, 0.05) is 201 Å². The monoisotopic (exact) mass is 2100 g/mol. The molecule has 0 fully saturated rings. The predicted octanol–water partition coefficient (Wildman–Crippen LogP) is 31.2. The van der Waals surface area contributed by atoms with E-state index in [1.165, 1.54) is 26.4 Å². The molecule has 17 aromatic rings. The number of methoxy groups -OCH3 is 1. The molecule has 34 heteroatoms. The Morgan fingerprint density at radius 3 is 1.20 bits per heavy atom. The number of aromatic nitrogens is 15. The van der Waals surface area contributed by atoms with Crippen LogP contribution in [0.2, 0.25) is 20.1 Å². The molecule has 17 rings (SSSR count). The van der Waals surface area contributed by atoms with Crippen LogP contribution in [0.3, 0.4) is 0 Å². The van der Waals surface area contributed by atoms with Gasteiger partial charge in [-0.15, -0.1) is 11.3 Å². The van der Waals surface area contributed by atoms with E-state index >= 15 is 0 Å². The second-order valence-corrected chi connectivity index (χ2v) is 45.7. The molecule has 0 aliphatic rings. The molecule has 13 N–H and O–H groups in total. The summed E-state index contributed by atoms with van der Waals surface area (Å²) in [5.74, 6) is 9.83. The minimum absolute atomic E-state index is 0.0225. The third-order valence-corrected chi connectivity index (χ3v) is 23.1. The fourth-order valence-corrected chi connectivity index (χ4v) is 15.4. The number of H-pyrrole nitrogens is 1. The van der Waals surface area contributed by atoms with Gasteiger partial charge in [-0.1, -0.05) is 119 Å². The smallest absolute Gasteiger partial charge is 0.225 e. The number of aryl methyl sites for hydroxylation is 6. The number of fused-ring (bicyclic) bond motifs is 3. The summed E-state index contributed by atoms with van der Waals surface area (Å²) >= 11 is 25.7. The van der Waals surface area contributed by atoms with Crippen molar-refractivity contribution in [2.24, 2.45) is 0 Å². The summed E-state index contributed by atoms with van der Waals surface area (Å²) in [5.41, 5.74) is 14.6. The van der Waals surface area contributed by atoms with Gasteiger partial charge in [-0.2, -0.15) is 29.9 Å². The minimum atomic E-state index is -0.103. The van der Waals surface area contributed by atoms with E-state index in [-0.39, 0.29) is 38.8 Å². The topological polar surface area (TPSA) is 353 Å². The second-order valence-electron chi connectivity index (χ2n) is 43.1.